The Morgan fingerprint density at radius 1 is 1.29 bits per heavy atom. The normalized spacial score (nSPS) is 16.9. The van der Waals surface area contributed by atoms with Crippen LogP contribution in [0.4, 0.5) is 0 Å². The summed E-state index contributed by atoms with van der Waals surface area (Å²) in [5, 5.41) is 0.637. The SMILES string of the molecule is Cc1cccc(OC2CCN(C(=O)COc3ccc(Cl)cc3)C2)n1. The molecule has 0 spiro atoms. The van der Waals surface area contributed by atoms with E-state index in [1.165, 1.54) is 0 Å². The molecular weight excluding hydrogens is 328 g/mol. The van der Waals surface area contributed by atoms with Crippen LogP contribution in [-0.4, -0.2) is 41.6 Å². The van der Waals surface area contributed by atoms with Crippen molar-refractivity contribution in [3.63, 3.8) is 0 Å². The number of carbonyl (C=O) groups is 1. The number of hydrogen-bond acceptors (Lipinski definition) is 4. The van der Waals surface area contributed by atoms with Crippen molar-refractivity contribution in [1.29, 1.82) is 0 Å². The standard InChI is InChI=1S/C18H19ClN2O3/c1-13-3-2-4-17(20-13)24-16-9-10-21(11-16)18(22)12-23-15-7-5-14(19)6-8-15/h2-8,16H,9-12H2,1H3. The molecule has 5 nitrogen and oxygen atoms in total. The molecule has 126 valence electrons. The average molecular weight is 347 g/mol. The molecule has 1 saturated heterocycles. The van der Waals surface area contributed by atoms with E-state index in [0.29, 0.717) is 29.7 Å². The highest BCUT2D eigenvalue weighted by Gasteiger charge is 2.28. The molecule has 1 atom stereocenters. The van der Waals surface area contributed by atoms with Gasteiger partial charge >= 0.3 is 0 Å². The van der Waals surface area contributed by atoms with Gasteiger partial charge in [0.05, 0.1) is 6.54 Å². The van der Waals surface area contributed by atoms with Crippen LogP contribution in [0.25, 0.3) is 0 Å². The maximum Gasteiger partial charge on any atom is 0.260 e. The van der Waals surface area contributed by atoms with Gasteiger partial charge in [-0.25, -0.2) is 4.98 Å². The van der Waals surface area contributed by atoms with Crippen LogP contribution < -0.4 is 9.47 Å². The fourth-order valence-corrected chi connectivity index (χ4v) is 2.70. The highest BCUT2D eigenvalue weighted by molar-refractivity contribution is 6.30. The molecule has 0 N–H and O–H groups in total. The first-order valence-electron chi connectivity index (χ1n) is 7.86. The van der Waals surface area contributed by atoms with Gasteiger partial charge in [0, 0.05) is 29.7 Å². The van der Waals surface area contributed by atoms with E-state index in [1.54, 1.807) is 29.2 Å². The van der Waals surface area contributed by atoms with Gasteiger partial charge in [0.2, 0.25) is 5.88 Å². The summed E-state index contributed by atoms with van der Waals surface area (Å²) in [6.07, 6.45) is 0.765. The fourth-order valence-electron chi connectivity index (χ4n) is 2.57. The van der Waals surface area contributed by atoms with Crippen molar-refractivity contribution < 1.29 is 14.3 Å². The van der Waals surface area contributed by atoms with Crippen molar-refractivity contribution in [3.8, 4) is 11.6 Å². The van der Waals surface area contributed by atoms with Crippen LogP contribution in [0.5, 0.6) is 11.6 Å². The summed E-state index contributed by atoms with van der Waals surface area (Å²) in [5.41, 5.74) is 0.912. The van der Waals surface area contributed by atoms with Gasteiger partial charge in [-0.1, -0.05) is 17.7 Å². The Bertz CT molecular complexity index is 706. The zero-order chi connectivity index (χ0) is 16.9. The van der Waals surface area contributed by atoms with Gasteiger partial charge in [0.1, 0.15) is 11.9 Å². The molecule has 1 aliphatic rings. The lowest BCUT2D eigenvalue weighted by molar-refractivity contribution is -0.132. The van der Waals surface area contributed by atoms with E-state index in [4.69, 9.17) is 21.1 Å². The number of pyridine rings is 1. The summed E-state index contributed by atoms with van der Waals surface area (Å²) in [7, 11) is 0. The van der Waals surface area contributed by atoms with E-state index >= 15 is 0 Å². The van der Waals surface area contributed by atoms with Crippen molar-refractivity contribution in [3.05, 3.63) is 53.2 Å². The molecule has 24 heavy (non-hydrogen) atoms. The number of ether oxygens (including phenoxy) is 2. The van der Waals surface area contributed by atoms with Crippen molar-refractivity contribution in [1.82, 2.24) is 9.88 Å². The van der Waals surface area contributed by atoms with Gasteiger partial charge in [0.25, 0.3) is 5.91 Å². The number of nitrogens with zero attached hydrogens (tertiary/aromatic N) is 2. The lowest BCUT2D eigenvalue weighted by atomic mass is 10.3. The lowest BCUT2D eigenvalue weighted by Crippen LogP contribution is -2.34. The summed E-state index contributed by atoms with van der Waals surface area (Å²) in [6.45, 7) is 3.15. The molecule has 0 aliphatic carbocycles. The van der Waals surface area contributed by atoms with Crippen LogP contribution in [0, 0.1) is 6.92 Å². The Balaban J connectivity index is 1.48. The molecule has 1 aliphatic heterocycles. The lowest BCUT2D eigenvalue weighted by Gasteiger charge is -2.17. The van der Waals surface area contributed by atoms with Crippen LogP contribution in [0.3, 0.4) is 0 Å². The van der Waals surface area contributed by atoms with Gasteiger partial charge < -0.3 is 14.4 Å². The molecule has 3 rings (SSSR count). The minimum Gasteiger partial charge on any atom is -0.484 e. The summed E-state index contributed by atoms with van der Waals surface area (Å²) in [5.74, 6) is 1.18. The highest BCUT2D eigenvalue weighted by Crippen LogP contribution is 2.18. The van der Waals surface area contributed by atoms with E-state index in [9.17, 15) is 4.79 Å². The summed E-state index contributed by atoms with van der Waals surface area (Å²) >= 11 is 5.82. The molecular formula is C18H19ClN2O3. The van der Waals surface area contributed by atoms with E-state index < -0.39 is 0 Å². The number of aromatic nitrogens is 1. The number of rotatable bonds is 5. The van der Waals surface area contributed by atoms with Gasteiger partial charge in [-0.2, -0.15) is 0 Å². The third kappa shape index (κ3) is 4.38. The van der Waals surface area contributed by atoms with Gasteiger partial charge in [-0.05, 0) is 37.3 Å². The quantitative estimate of drug-likeness (QED) is 0.834. The molecule has 0 bridgehead atoms. The van der Waals surface area contributed by atoms with Crippen LogP contribution in [-0.2, 0) is 4.79 Å². The Morgan fingerprint density at radius 2 is 2.08 bits per heavy atom. The molecule has 2 heterocycles. The summed E-state index contributed by atoms with van der Waals surface area (Å²) in [6, 6.07) is 12.6. The van der Waals surface area contributed by atoms with Crippen LogP contribution >= 0.6 is 11.6 Å². The predicted molar refractivity (Wildman–Crippen MR) is 91.5 cm³/mol. The number of hydrogen-bond donors (Lipinski definition) is 0. The summed E-state index contributed by atoms with van der Waals surface area (Å²) < 4.78 is 11.4. The fraction of sp³-hybridized carbons (Fsp3) is 0.333. The number of likely N-dealkylation sites (tertiary alicyclic amines) is 1. The maximum absolute atomic E-state index is 12.2. The largest absolute Gasteiger partial charge is 0.484 e. The van der Waals surface area contributed by atoms with Crippen molar-refractivity contribution in [2.75, 3.05) is 19.7 Å². The third-order valence-electron chi connectivity index (χ3n) is 3.82. The van der Waals surface area contributed by atoms with E-state index in [2.05, 4.69) is 4.98 Å². The Labute approximate surface area is 146 Å². The zero-order valence-electron chi connectivity index (χ0n) is 13.4. The molecule has 0 saturated carbocycles. The molecule has 1 aromatic carbocycles. The Morgan fingerprint density at radius 3 is 2.83 bits per heavy atom. The van der Waals surface area contributed by atoms with Crippen LogP contribution in [0.15, 0.2) is 42.5 Å². The van der Waals surface area contributed by atoms with Crippen LogP contribution in [0.1, 0.15) is 12.1 Å². The molecule has 1 amide bonds. The number of carbonyl (C=O) groups excluding carboxylic acids is 1. The molecule has 6 heteroatoms. The predicted octanol–water partition coefficient (Wildman–Crippen LogP) is 3.10. The smallest absolute Gasteiger partial charge is 0.260 e. The van der Waals surface area contributed by atoms with Gasteiger partial charge in [-0.3, -0.25) is 4.79 Å². The average Bonchev–Trinajstić information content (AvgIpc) is 3.03. The highest BCUT2D eigenvalue weighted by atomic mass is 35.5. The monoisotopic (exact) mass is 346 g/mol. The first-order chi connectivity index (χ1) is 11.6. The van der Waals surface area contributed by atoms with Gasteiger partial charge in [0.15, 0.2) is 6.61 Å². The van der Waals surface area contributed by atoms with Crippen molar-refractivity contribution in [2.24, 2.45) is 0 Å². The molecule has 0 radical (unpaired) electrons. The maximum atomic E-state index is 12.2. The van der Waals surface area contributed by atoms with Crippen molar-refractivity contribution in [2.45, 2.75) is 19.4 Å². The zero-order valence-corrected chi connectivity index (χ0v) is 14.2. The molecule has 1 fully saturated rings. The van der Waals surface area contributed by atoms with E-state index in [-0.39, 0.29) is 18.6 Å². The minimum atomic E-state index is -0.0479. The number of halogens is 1. The topological polar surface area (TPSA) is 51.7 Å². The summed E-state index contributed by atoms with van der Waals surface area (Å²) in [4.78, 5) is 18.3. The number of amides is 1. The third-order valence-corrected chi connectivity index (χ3v) is 4.08. The first-order valence-corrected chi connectivity index (χ1v) is 8.24. The minimum absolute atomic E-state index is 0.0110. The molecule has 2 aromatic rings. The van der Waals surface area contributed by atoms with Gasteiger partial charge in [-0.15, -0.1) is 0 Å². The second-order valence-electron chi connectivity index (χ2n) is 5.73. The van der Waals surface area contributed by atoms with Crippen LogP contribution in [0.2, 0.25) is 5.02 Å². The first kappa shape index (κ1) is 16.6. The number of aryl methyl sites for hydroxylation is 1. The molecule has 1 unspecified atom stereocenters. The second kappa shape index (κ2) is 7.53. The van der Waals surface area contributed by atoms with Crippen molar-refractivity contribution >= 4 is 17.5 Å². The Kier molecular flexibility index (Phi) is 5.20. The molecule has 1 aromatic heterocycles. The Hall–Kier alpha value is -2.27. The number of benzene rings is 1. The second-order valence-corrected chi connectivity index (χ2v) is 6.16. The van der Waals surface area contributed by atoms with E-state index in [0.717, 1.165) is 12.1 Å². The van der Waals surface area contributed by atoms with E-state index in [1.807, 2.05) is 25.1 Å².